The van der Waals surface area contributed by atoms with Crippen LogP contribution in [0.5, 0.6) is 0 Å². The molecule has 0 unspecified atom stereocenters. The summed E-state index contributed by atoms with van der Waals surface area (Å²) in [5.41, 5.74) is 2.50. The van der Waals surface area contributed by atoms with Crippen LogP contribution in [0.3, 0.4) is 0 Å². The van der Waals surface area contributed by atoms with Gasteiger partial charge in [-0.05, 0) is 13.8 Å². The number of carboxylic acid groups (broad SMARTS) is 1. The zero-order chi connectivity index (χ0) is 24.8. The first-order valence-corrected chi connectivity index (χ1v) is 8.58. The van der Waals surface area contributed by atoms with Crippen molar-refractivity contribution in [3.05, 3.63) is 12.2 Å². The number of ether oxygens (including phenoxy) is 1. The van der Waals surface area contributed by atoms with Gasteiger partial charge in [0.1, 0.15) is 0 Å². The van der Waals surface area contributed by atoms with Gasteiger partial charge < -0.3 is 56.4 Å². The highest BCUT2D eigenvalue weighted by Gasteiger charge is 2.27. The second-order valence-corrected chi connectivity index (χ2v) is 6.10. The van der Waals surface area contributed by atoms with Gasteiger partial charge in [0, 0.05) is 5.57 Å². The molecule has 0 rings (SSSR count). The summed E-state index contributed by atoms with van der Waals surface area (Å²) in [6.45, 7) is 3.41. The number of nitrogens with two attached hydrogens (primary N) is 1. The molecule has 0 aliphatic rings. The predicted molar refractivity (Wildman–Crippen MR) is 105 cm³/mol. The van der Waals surface area contributed by atoms with Crippen LogP contribution in [-0.2, 0) is 9.53 Å². The Morgan fingerprint density at radius 2 is 0.967 bits per heavy atom. The fraction of sp³-hybridized carbons (Fsp3) is 0.765. The van der Waals surface area contributed by atoms with Crippen LogP contribution >= 0.6 is 0 Å². The van der Waals surface area contributed by atoms with Gasteiger partial charge in [0.2, 0.25) is 0 Å². The summed E-state index contributed by atoms with van der Waals surface area (Å²) in [5, 5.41) is 75.9. The number of carbonyl (C=O) groups is 2. The lowest BCUT2D eigenvalue weighted by atomic mass is 9.93. The van der Waals surface area contributed by atoms with Gasteiger partial charge in [0.25, 0.3) is 0 Å². The normalized spacial score (nSPS) is 10.2. The Bertz CT molecular complexity index is 369. The van der Waals surface area contributed by atoms with Crippen LogP contribution in [0.1, 0.15) is 13.8 Å². The fourth-order valence-corrected chi connectivity index (χ4v) is 0.742. The molecule has 0 atom stereocenters. The summed E-state index contributed by atoms with van der Waals surface area (Å²) in [4.78, 5) is 19.2. The highest BCUT2D eigenvalue weighted by atomic mass is 16.5. The topological polar surface area (TPSA) is 251 Å². The molecule has 0 fully saturated rings. The minimum atomic E-state index is -1.11. The Hall–Kier alpha value is -1.84. The first kappa shape index (κ1) is 35.6. The van der Waals surface area contributed by atoms with E-state index in [1.54, 1.807) is 6.92 Å². The second-order valence-electron chi connectivity index (χ2n) is 6.10. The summed E-state index contributed by atoms with van der Waals surface area (Å²) in [7, 11) is 0. The molecular weight excluding hydrogens is 410 g/mol. The first-order valence-electron chi connectivity index (χ1n) is 8.58. The van der Waals surface area contributed by atoms with E-state index in [4.69, 9.17) is 46.0 Å². The largest absolute Gasteiger partial charge is 0.478 e. The van der Waals surface area contributed by atoms with E-state index in [1.807, 2.05) is 0 Å². The van der Waals surface area contributed by atoms with Crippen molar-refractivity contribution in [2.24, 2.45) is 16.6 Å². The van der Waals surface area contributed by atoms with Gasteiger partial charge in [0.05, 0.1) is 70.3 Å². The van der Waals surface area contributed by atoms with E-state index in [1.165, 1.54) is 6.92 Å². The standard InChI is InChI=1S/2C5H12O4.C4H6O2.C3H7NO2/c2*6-1-5(2-7,3-8)4-9;1-3(2)4(5)6;1-2-6-3(4)5/h2*6-9H,1-4H2;1H2,2H3,(H,5,6);2H2,1H3,(H2,4,5). The first-order chi connectivity index (χ1) is 13.9. The SMILES string of the molecule is C=C(C)C(=O)O.CCOC(N)=O.OCC(CO)(CO)CO.OCC(CO)(CO)CO. The maximum Gasteiger partial charge on any atom is 0.404 e. The molecule has 0 radical (unpaired) electrons. The highest BCUT2D eigenvalue weighted by Crippen LogP contribution is 2.12. The fourth-order valence-electron chi connectivity index (χ4n) is 0.742. The summed E-state index contributed by atoms with van der Waals surface area (Å²) in [6, 6.07) is 0. The van der Waals surface area contributed by atoms with Gasteiger partial charge in [-0.2, -0.15) is 0 Å². The molecule has 0 aromatic heterocycles. The molecule has 1 amide bonds. The lowest BCUT2D eigenvalue weighted by molar-refractivity contribution is -0.132. The smallest absolute Gasteiger partial charge is 0.404 e. The number of aliphatic hydroxyl groups excluding tert-OH is 8. The lowest BCUT2D eigenvalue weighted by Crippen LogP contribution is -2.37. The molecule has 13 heteroatoms. The summed E-state index contributed by atoms with van der Waals surface area (Å²) in [6.07, 6.45) is -0.711. The van der Waals surface area contributed by atoms with Gasteiger partial charge in [-0.1, -0.05) is 6.58 Å². The second kappa shape index (κ2) is 21.9. The number of carbonyl (C=O) groups excluding carboxylic acids is 1. The molecule has 182 valence electrons. The quantitative estimate of drug-likeness (QED) is 0.147. The third-order valence-corrected chi connectivity index (χ3v) is 3.33. The Morgan fingerprint density at radius 3 is 0.967 bits per heavy atom. The number of hydrogen-bond donors (Lipinski definition) is 10. The van der Waals surface area contributed by atoms with Crippen LogP contribution in [0.15, 0.2) is 12.2 Å². The summed E-state index contributed by atoms with van der Waals surface area (Å²) in [5.74, 6) is -0.935. The number of primary amides is 1. The van der Waals surface area contributed by atoms with E-state index in [0.29, 0.717) is 6.61 Å². The molecule has 0 saturated heterocycles. The van der Waals surface area contributed by atoms with E-state index in [-0.39, 0.29) is 5.57 Å². The number of hydrogen-bond acceptors (Lipinski definition) is 11. The highest BCUT2D eigenvalue weighted by molar-refractivity contribution is 5.84. The number of amides is 1. The molecule has 0 spiro atoms. The lowest BCUT2D eigenvalue weighted by Gasteiger charge is -2.23. The zero-order valence-electron chi connectivity index (χ0n) is 17.4. The number of rotatable bonds is 10. The average Bonchev–Trinajstić information content (AvgIpc) is 2.73. The van der Waals surface area contributed by atoms with Gasteiger partial charge in [0.15, 0.2) is 0 Å². The van der Waals surface area contributed by atoms with Crippen molar-refractivity contribution in [2.75, 3.05) is 59.5 Å². The van der Waals surface area contributed by atoms with E-state index < -0.39 is 75.7 Å². The van der Waals surface area contributed by atoms with Crippen molar-refractivity contribution in [2.45, 2.75) is 13.8 Å². The van der Waals surface area contributed by atoms with Crippen LogP contribution in [0.2, 0.25) is 0 Å². The molecular formula is C17H37NO12. The maximum atomic E-state index is 9.60. The molecule has 0 aliphatic carbocycles. The van der Waals surface area contributed by atoms with Crippen LogP contribution in [0.4, 0.5) is 4.79 Å². The molecule has 0 saturated carbocycles. The van der Waals surface area contributed by atoms with Crippen molar-refractivity contribution in [3.8, 4) is 0 Å². The third-order valence-electron chi connectivity index (χ3n) is 3.33. The molecule has 0 aliphatic heterocycles. The van der Waals surface area contributed by atoms with E-state index in [9.17, 15) is 9.59 Å². The average molecular weight is 447 g/mol. The molecule has 0 aromatic rings. The summed E-state index contributed by atoms with van der Waals surface area (Å²) < 4.78 is 4.18. The van der Waals surface area contributed by atoms with E-state index in [2.05, 4.69) is 17.0 Å². The number of aliphatic hydroxyl groups is 8. The molecule has 0 aromatic carbocycles. The minimum absolute atomic E-state index is 0.176. The molecule has 13 nitrogen and oxygen atoms in total. The van der Waals surface area contributed by atoms with Crippen molar-refractivity contribution in [3.63, 3.8) is 0 Å². The minimum Gasteiger partial charge on any atom is -0.478 e. The molecule has 0 bridgehead atoms. The van der Waals surface area contributed by atoms with Crippen molar-refractivity contribution in [1.29, 1.82) is 0 Å². The van der Waals surface area contributed by atoms with Gasteiger partial charge in [-0.25, -0.2) is 9.59 Å². The predicted octanol–water partition coefficient (Wildman–Crippen LogP) is -3.37. The van der Waals surface area contributed by atoms with E-state index >= 15 is 0 Å². The van der Waals surface area contributed by atoms with Crippen molar-refractivity contribution < 1.29 is 60.3 Å². The zero-order valence-corrected chi connectivity index (χ0v) is 17.4. The van der Waals surface area contributed by atoms with Crippen molar-refractivity contribution in [1.82, 2.24) is 0 Å². The Morgan fingerprint density at radius 1 is 0.767 bits per heavy atom. The summed E-state index contributed by atoms with van der Waals surface area (Å²) >= 11 is 0. The van der Waals surface area contributed by atoms with Gasteiger partial charge >= 0.3 is 12.1 Å². The van der Waals surface area contributed by atoms with Crippen LogP contribution in [-0.4, -0.2) is 117 Å². The Kier molecular flexibility index (Phi) is 25.9. The van der Waals surface area contributed by atoms with Gasteiger partial charge in [-0.15, -0.1) is 0 Å². The van der Waals surface area contributed by atoms with Crippen LogP contribution in [0, 0.1) is 10.8 Å². The van der Waals surface area contributed by atoms with Crippen LogP contribution in [0.25, 0.3) is 0 Å². The van der Waals surface area contributed by atoms with E-state index in [0.717, 1.165) is 0 Å². The molecule has 30 heavy (non-hydrogen) atoms. The van der Waals surface area contributed by atoms with Crippen LogP contribution < -0.4 is 5.73 Å². The molecule has 0 heterocycles. The van der Waals surface area contributed by atoms with Crippen molar-refractivity contribution >= 4 is 12.1 Å². The van der Waals surface area contributed by atoms with Gasteiger partial charge in [-0.3, -0.25) is 0 Å². The monoisotopic (exact) mass is 447 g/mol. The number of aliphatic carboxylic acids is 1. The maximum absolute atomic E-state index is 9.60. The number of carboxylic acids is 1. The Labute approximate surface area is 175 Å². The third kappa shape index (κ3) is 19.5. The Balaban J connectivity index is -0.000000153. The molecule has 11 N–H and O–H groups in total.